The van der Waals surface area contributed by atoms with Crippen molar-refractivity contribution in [3.05, 3.63) is 24.0 Å². The third kappa shape index (κ3) is 4.30. The van der Waals surface area contributed by atoms with Crippen molar-refractivity contribution >= 4 is 0 Å². The maximum atomic E-state index is 9.07. The van der Waals surface area contributed by atoms with Gasteiger partial charge in [-0.1, -0.05) is 20.8 Å². The molecule has 0 aliphatic heterocycles. The molecule has 0 unspecified atom stereocenters. The van der Waals surface area contributed by atoms with Crippen molar-refractivity contribution in [2.24, 2.45) is 5.41 Å². The Labute approximate surface area is 91.5 Å². The highest BCUT2D eigenvalue weighted by Gasteiger charge is 2.13. The fourth-order valence-electron chi connectivity index (χ4n) is 1.18. The highest BCUT2D eigenvalue weighted by atomic mass is 16.3. The maximum absolute atomic E-state index is 9.07. The molecule has 0 radical (unpaired) electrons. The summed E-state index contributed by atoms with van der Waals surface area (Å²) < 4.78 is 0. The quantitative estimate of drug-likeness (QED) is 0.780. The highest BCUT2D eigenvalue weighted by Crippen LogP contribution is 2.17. The molecule has 2 N–H and O–H groups in total. The van der Waals surface area contributed by atoms with Gasteiger partial charge in [0.05, 0.1) is 11.9 Å². The van der Waals surface area contributed by atoms with Gasteiger partial charge in [0.1, 0.15) is 5.75 Å². The first kappa shape index (κ1) is 12.0. The van der Waals surface area contributed by atoms with Crippen LogP contribution in [0.15, 0.2) is 18.3 Å². The number of aromatic nitrogens is 1. The van der Waals surface area contributed by atoms with E-state index in [9.17, 15) is 0 Å². The molecule has 1 rings (SSSR count). The monoisotopic (exact) mass is 208 g/mol. The van der Waals surface area contributed by atoms with Crippen LogP contribution < -0.4 is 5.32 Å². The lowest BCUT2D eigenvalue weighted by molar-refractivity contribution is 0.327. The Hall–Kier alpha value is -1.09. The first-order chi connectivity index (χ1) is 7.03. The molecule has 3 nitrogen and oxygen atoms in total. The van der Waals surface area contributed by atoms with E-state index in [1.807, 2.05) is 6.07 Å². The number of rotatable bonds is 5. The molecule has 0 aliphatic carbocycles. The molecule has 15 heavy (non-hydrogen) atoms. The average molecular weight is 208 g/mol. The molecule has 1 aromatic heterocycles. The normalized spacial score (nSPS) is 11.7. The molecule has 0 atom stereocenters. The maximum Gasteiger partial charge on any atom is 0.133 e. The van der Waals surface area contributed by atoms with Crippen LogP contribution in [0.2, 0.25) is 0 Å². The number of nitrogens with zero attached hydrogens (tertiary/aromatic N) is 1. The van der Waals surface area contributed by atoms with Crippen molar-refractivity contribution in [3.63, 3.8) is 0 Å². The molecule has 0 spiro atoms. The van der Waals surface area contributed by atoms with Crippen molar-refractivity contribution in [2.45, 2.75) is 33.7 Å². The van der Waals surface area contributed by atoms with Gasteiger partial charge in [0, 0.05) is 13.1 Å². The summed E-state index contributed by atoms with van der Waals surface area (Å²) in [5, 5.41) is 12.4. The Kier molecular flexibility index (Phi) is 4.09. The molecule has 0 saturated carbocycles. The number of pyridine rings is 1. The van der Waals surface area contributed by atoms with E-state index >= 15 is 0 Å². The second-order valence-corrected chi connectivity index (χ2v) is 4.63. The number of hydrogen-bond acceptors (Lipinski definition) is 3. The molecule has 84 valence electrons. The van der Waals surface area contributed by atoms with Crippen LogP contribution in [0.5, 0.6) is 5.75 Å². The van der Waals surface area contributed by atoms with Crippen molar-refractivity contribution in [1.29, 1.82) is 0 Å². The van der Waals surface area contributed by atoms with Gasteiger partial charge in [-0.15, -0.1) is 0 Å². The van der Waals surface area contributed by atoms with Crippen LogP contribution in [0, 0.1) is 5.41 Å². The van der Waals surface area contributed by atoms with Gasteiger partial charge in [0.25, 0.3) is 0 Å². The van der Waals surface area contributed by atoms with Crippen LogP contribution >= 0.6 is 0 Å². The fourth-order valence-corrected chi connectivity index (χ4v) is 1.18. The second-order valence-electron chi connectivity index (χ2n) is 4.63. The van der Waals surface area contributed by atoms with Gasteiger partial charge in [-0.05, 0) is 24.0 Å². The Bertz CT molecular complexity index is 293. The van der Waals surface area contributed by atoms with Crippen molar-refractivity contribution < 1.29 is 5.11 Å². The zero-order valence-electron chi connectivity index (χ0n) is 9.75. The number of aromatic hydroxyl groups is 1. The minimum atomic E-state index is 0.215. The molecule has 3 heteroatoms. The molecular formula is C12H20N2O. The van der Waals surface area contributed by atoms with Crippen LogP contribution in [0.1, 0.15) is 32.9 Å². The van der Waals surface area contributed by atoms with E-state index in [1.54, 1.807) is 6.07 Å². The van der Waals surface area contributed by atoms with Crippen LogP contribution in [0.3, 0.4) is 0 Å². The molecule has 1 aromatic rings. The van der Waals surface area contributed by atoms with Gasteiger partial charge < -0.3 is 10.4 Å². The second kappa shape index (κ2) is 5.12. The first-order valence-corrected chi connectivity index (χ1v) is 5.38. The van der Waals surface area contributed by atoms with Crippen LogP contribution in [-0.2, 0) is 6.54 Å². The Balaban J connectivity index is 2.35. The summed E-state index contributed by atoms with van der Waals surface area (Å²) in [7, 11) is 0. The van der Waals surface area contributed by atoms with Crippen LogP contribution in [0.25, 0.3) is 0 Å². The summed E-state index contributed by atoms with van der Waals surface area (Å²) in [4.78, 5) is 4.11. The largest absolute Gasteiger partial charge is 0.506 e. The smallest absolute Gasteiger partial charge is 0.133 e. The van der Waals surface area contributed by atoms with Gasteiger partial charge in [-0.25, -0.2) is 0 Å². The lowest BCUT2D eigenvalue weighted by Crippen LogP contribution is -2.28. The topological polar surface area (TPSA) is 45.1 Å². The SMILES string of the molecule is CCC(C)(C)CNCc1ccc(O)cn1. The minimum absolute atomic E-state index is 0.215. The summed E-state index contributed by atoms with van der Waals surface area (Å²) in [5.74, 6) is 0.215. The van der Waals surface area contributed by atoms with E-state index in [0.29, 0.717) is 5.41 Å². The fraction of sp³-hybridized carbons (Fsp3) is 0.583. The third-order valence-corrected chi connectivity index (χ3v) is 2.68. The van der Waals surface area contributed by atoms with E-state index in [1.165, 1.54) is 6.20 Å². The van der Waals surface area contributed by atoms with E-state index in [0.717, 1.165) is 25.2 Å². The summed E-state index contributed by atoms with van der Waals surface area (Å²) in [6.07, 6.45) is 2.63. The molecule has 1 heterocycles. The van der Waals surface area contributed by atoms with Gasteiger partial charge in [0.2, 0.25) is 0 Å². The summed E-state index contributed by atoms with van der Waals surface area (Å²) >= 11 is 0. The predicted molar refractivity (Wildman–Crippen MR) is 61.7 cm³/mol. The average Bonchev–Trinajstić information content (AvgIpc) is 2.21. The van der Waals surface area contributed by atoms with Gasteiger partial charge in [-0.2, -0.15) is 0 Å². The van der Waals surface area contributed by atoms with E-state index in [2.05, 4.69) is 31.1 Å². The van der Waals surface area contributed by atoms with E-state index < -0.39 is 0 Å². The lowest BCUT2D eigenvalue weighted by Gasteiger charge is -2.22. The summed E-state index contributed by atoms with van der Waals surface area (Å²) in [6, 6.07) is 3.50. The Morgan fingerprint density at radius 2 is 2.13 bits per heavy atom. The molecule has 0 bridgehead atoms. The summed E-state index contributed by atoms with van der Waals surface area (Å²) in [5.41, 5.74) is 1.29. The van der Waals surface area contributed by atoms with E-state index in [-0.39, 0.29) is 5.75 Å². The lowest BCUT2D eigenvalue weighted by atomic mass is 9.90. The van der Waals surface area contributed by atoms with Crippen LogP contribution in [0.4, 0.5) is 0 Å². The molecule has 0 aliphatic rings. The summed E-state index contributed by atoms with van der Waals surface area (Å²) in [6.45, 7) is 8.41. The zero-order chi connectivity index (χ0) is 11.3. The molecule has 0 amide bonds. The van der Waals surface area contributed by atoms with Crippen molar-refractivity contribution in [2.75, 3.05) is 6.54 Å². The molecule has 0 aromatic carbocycles. The molecule has 0 saturated heterocycles. The van der Waals surface area contributed by atoms with Gasteiger partial charge >= 0.3 is 0 Å². The van der Waals surface area contributed by atoms with E-state index in [4.69, 9.17) is 5.11 Å². The number of nitrogens with one attached hydrogen (secondary N) is 1. The van der Waals surface area contributed by atoms with Crippen molar-refractivity contribution in [1.82, 2.24) is 10.3 Å². The van der Waals surface area contributed by atoms with Crippen LogP contribution in [-0.4, -0.2) is 16.6 Å². The zero-order valence-corrected chi connectivity index (χ0v) is 9.75. The third-order valence-electron chi connectivity index (χ3n) is 2.68. The number of hydrogen-bond donors (Lipinski definition) is 2. The first-order valence-electron chi connectivity index (χ1n) is 5.38. The van der Waals surface area contributed by atoms with Crippen molar-refractivity contribution in [3.8, 4) is 5.75 Å². The Morgan fingerprint density at radius 3 is 2.67 bits per heavy atom. The van der Waals surface area contributed by atoms with Gasteiger partial charge in [0.15, 0.2) is 0 Å². The minimum Gasteiger partial charge on any atom is -0.506 e. The standard InChI is InChI=1S/C12H20N2O/c1-4-12(2,3)9-13-7-10-5-6-11(15)8-14-10/h5-6,8,13,15H,4,7,9H2,1-3H3. The highest BCUT2D eigenvalue weighted by molar-refractivity contribution is 5.17. The predicted octanol–water partition coefficient (Wildman–Crippen LogP) is 2.31. The Morgan fingerprint density at radius 1 is 1.40 bits per heavy atom. The van der Waals surface area contributed by atoms with Gasteiger partial charge in [-0.3, -0.25) is 4.98 Å². The molecular weight excluding hydrogens is 188 g/mol. The molecule has 0 fully saturated rings.